The number of benzene rings is 1. The van der Waals surface area contributed by atoms with Crippen molar-refractivity contribution in [1.82, 2.24) is 0 Å². The number of hydrogen-bond donors (Lipinski definition) is 0. The summed E-state index contributed by atoms with van der Waals surface area (Å²) < 4.78 is 0. The van der Waals surface area contributed by atoms with E-state index in [2.05, 4.69) is 0 Å². The van der Waals surface area contributed by atoms with Crippen LogP contribution in [0.25, 0.3) is 0 Å². The first-order chi connectivity index (χ1) is 9.08. The molecule has 0 N–H and O–H groups in total. The number of Topliss-reactive ketones (excluding diaryl/α,β-unsaturated/α-hetero) is 2. The van der Waals surface area contributed by atoms with Gasteiger partial charge in [-0.05, 0) is 37.3 Å². The van der Waals surface area contributed by atoms with Crippen LogP contribution in [-0.4, -0.2) is 17.8 Å². The average Bonchev–Trinajstić information content (AvgIpc) is 3.23. The molecule has 98 valence electrons. The predicted molar refractivity (Wildman–Crippen MR) is 74.4 cm³/mol. The summed E-state index contributed by atoms with van der Waals surface area (Å²) in [7, 11) is 0. The Hall–Kier alpha value is -1.31. The van der Waals surface area contributed by atoms with Gasteiger partial charge in [-0.3, -0.25) is 9.59 Å². The van der Waals surface area contributed by atoms with Crippen LogP contribution in [0.15, 0.2) is 23.1 Å². The highest BCUT2D eigenvalue weighted by atomic mass is 35.5. The lowest BCUT2D eigenvalue weighted by Crippen LogP contribution is -2.24. The molecular weight excluding hydrogens is 282 g/mol. The summed E-state index contributed by atoms with van der Waals surface area (Å²) >= 11 is 7.26. The van der Waals surface area contributed by atoms with Crippen LogP contribution < -0.4 is 0 Å². The molecule has 1 unspecified atom stereocenters. The highest BCUT2D eigenvalue weighted by Gasteiger charge is 2.39. The molecular formula is C14H12ClNO2S. The van der Waals surface area contributed by atoms with E-state index >= 15 is 0 Å². The van der Waals surface area contributed by atoms with E-state index in [4.69, 9.17) is 16.9 Å². The van der Waals surface area contributed by atoms with Gasteiger partial charge < -0.3 is 0 Å². The highest BCUT2D eigenvalue weighted by molar-refractivity contribution is 7.98. The maximum absolute atomic E-state index is 12.3. The van der Waals surface area contributed by atoms with Crippen LogP contribution >= 0.6 is 23.4 Å². The minimum atomic E-state index is -1.18. The lowest BCUT2D eigenvalue weighted by atomic mass is 9.92. The topological polar surface area (TPSA) is 57.9 Å². The molecule has 1 atom stereocenters. The molecule has 1 aliphatic carbocycles. The van der Waals surface area contributed by atoms with Gasteiger partial charge in [-0.2, -0.15) is 5.26 Å². The molecule has 0 amide bonds. The number of halogens is 1. The second-order valence-electron chi connectivity index (χ2n) is 4.45. The first-order valence-corrected chi connectivity index (χ1v) is 7.50. The van der Waals surface area contributed by atoms with E-state index in [9.17, 15) is 9.59 Å². The zero-order valence-corrected chi connectivity index (χ0v) is 11.9. The molecule has 1 aromatic rings. The summed E-state index contributed by atoms with van der Waals surface area (Å²) in [6.07, 6.45) is 3.41. The van der Waals surface area contributed by atoms with Crippen LogP contribution in [0.5, 0.6) is 0 Å². The molecule has 0 aromatic heterocycles. The molecule has 2 rings (SSSR count). The lowest BCUT2D eigenvalue weighted by molar-refractivity contribution is -0.121. The number of carbonyl (C=O) groups excluding carboxylic acids is 2. The number of rotatable bonds is 5. The fourth-order valence-corrected chi connectivity index (χ4v) is 2.75. The Morgan fingerprint density at radius 2 is 2.16 bits per heavy atom. The van der Waals surface area contributed by atoms with Crippen molar-refractivity contribution in [1.29, 1.82) is 5.26 Å². The van der Waals surface area contributed by atoms with E-state index in [0.29, 0.717) is 15.5 Å². The molecule has 0 spiro atoms. The van der Waals surface area contributed by atoms with Crippen molar-refractivity contribution >= 4 is 34.9 Å². The summed E-state index contributed by atoms with van der Waals surface area (Å²) in [4.78, 5) is 25.0. The van der Waals surface area contributed by atoms with Crippen molar-refractivity contribution < 1.29 is 9.59 Å². The molecule has 0 bridgehead atoms. The highest BCUT2D eigenvalue weighted by Crippen LogP contribution is 2.34. The van der Waals surface area contributed by atoms with E-state index < -0.39 is 11.7 Å². The third-order valence-electron chi connectivity index (χ3n) is 3.08. The zero-order chi connectivity index (χ0) is 14.0. The van der Waals surface area contributed by atoms with Gasteiger partial charge >= 0.3 is 0 Å². The number of nitrogens with zero attached hydrogens (tertiary/aromatic N) is 1. The van der Waals surface area contributed by atoms with Crippen LogP contribution in [0.4, 0.5) is 0 Å². The summed E-state index contributed by atoms with van der Waals surface area (Å²) in [5.74, 6) is -1.94. The molecule has 1 fully saturated rings. The van der Waals surface area contributed by atoms with E-state index in [-0.39, 0.29) is 11.7 Å². The molecule has 19 heavy (non-hydrogen) atoms. The molecule has 1 aromatic carbocycles. The zero-order valence-electron chi connectivity index (χ0n) is 10.4. The number of thioether (sulfide) groups is 1. The predicted octanol–water partition coefficient (Wildman–Crippen LogP) is 3.36. The van der Waals surface area contributed by atoms with Crippen LogP contribution in [0.1, 0.15) is 23.2 Å². The third-order valence-corrected chi connectivity index (χ3v) is 4.10. The van der Waals surface area contributed by atoms with Gasteiger partial charge in [0.25, 0.3) is 0 Å². The van der Waals surface area contributed by atoms with Crippen LogP contribution in [-0.2, 0) is 4.79 Å². The fourth-order valence-electron chi connectivity index (χ4n) is 1.88. The molecule has 5 heteroatoms. The molecule has 0 aliphatic heterocycles. The van der Waals surface area contributed by atoms with E-state index in [1.807, 2.05) is 12.3 Å². The molecule has 0 radical (unpaired) electrons. The summed E-state index contributed by atoms with van der Waals surface area (Å²) in [6, 6.07) is 6.71. The number of carbonyl (C=O) groups is 2. The Kier molecular flexibility index (Phi) is 4.28. The fraction of sp³-hybridized carbons (Fsp3) is 0.357. The Morgan fingerprint density at radius 1 is 1.47 bits per heavy atom. The second kappa shape index (κ2) is 5.77. The first-order valence-electron chi connectivity index (χ1n) is 5.89. The second-order valence-corrected chi connectivity index (χ2v) is 5.73. The van der Waals surface area contributed by atoms with Crippen LogP contribution in [0.2, 0.25) is 5.02 Å². The van der Waals surface area contributed by atoms with Gasteiger partial charge in [-0.25, -0.2) is 0 Å². The Morgan fingerprint density at radius 3 is 2.68 bits per heavy atom. The van der Waals surface area contributed by atoms with E-state index in [0.717, 1.165) is 12.8 Å². The largest absolute Gasteiger partial charge is 0.297 e. The Bertz CT molecular complexity index is 575. The maximum Gasteiger partial charge on any atom is 0.188 e. The van der Waals surface area contributed by atoms with Crippen molar-refractivity contribution in [2.45, 2.75) is 17.7 Å². The monoisotopic (exact) mass is 293 g/mol. The van der Waals surface area contributed by atoms with Crippen molar-refractivity contribution in [2.24, 2.45) is 11.8 Å². The summed E-state index contributed by atoms with van der Waals surface area (Å²) in [6.45, 7) is 0. The molecule has 1 aliphatic rings. The molecule has 0 heterocycles. The molecule has 0 saturated heterocycles. The smallest absolute Gasteiger partial charge is 0.188 e. The Balaban J connectivity index is 2.32. The normalized spacial score (nSPS) is 15.6. The van der Waals surface area contributed by atoms with Gasteiger partial charge in [0.2, 0.25) is 0 Å². The standard InChI is InChI=1S/C14H12ClNO2S/c1-19-12-6-9(15)4-5-10(12)14(18)11(7-16)13(17)8-2-3-8/h4-6,8,11H,2-3H2,1H3. The van der Waals surface area contributed by atoms with Gasteiger partial charge in [0.05, 0.1) is 6.07 Å². The minimum Gasteiger partial charge on any atom is -0.297 e. The van der Waals surface area contributed by atoms with Gasteiger partial charge in [-0.15, -0.1) is 11.8 Å². The molecule has 1 saturated carbocycles. The van der Waals surface area contributed by atoms with Crippen LogP contribution in [0.3, 0.4) is 0 Å². The Labute approximate surface area is 120 Å². The van der Waals surface area contributed by atoms with Gasteiger partial charge in [-0.1, -0.05) is 11.6 Å². The van der Waals surface area contributed by atoms with Gasteiger partial charge in [0.15, 0.2) is 17.5 Å². The van der Waals surface area contributed by atoms with Crippen LogP contribution in [0, 0.1) is 23.2 Å². The summed E-state index contributed by atoms with van der Waals surface area (Å²) in [5.41, 5.74) is 0.400. The summed E-state index contributed by atoms with van der Waals surface area (Å²) in [5, 5.41) is 9.63. The van der Waals surface area contributed by atoms with Crippen molar-refractivity contribution in [2.75, 3.05) is 6.26 Å². The number of nitriles is 1. The lowest BCUT2D eigenvalue weighted by Gasteiger charge is -2.10. The van der Waals surface area contributed by atoms with Gasteiger partial charge in [0, 0.05) is 21.4 Å². The van der Waals surface area contributed by atoms with E-state index in [1.54, 1.807) is 18.2 Å². The van der Waals surface area contributed by atoms with Gasteiger partial charge in [0.1, 0.15) is 0 Å². The third kappa shape index (κ3) is 2.99. The quantitative estimate of drug-likeness (QED) is 0.474. The average molecular weight is 294 g/mol. The SMILES string of the molecule is CSc1cc(Cl)ccc1C(=O)C(C#N)C(=O)C1CC1. The first kappa shape index (κ1) is 14.1. The van der Waals surface area contributed by atoms with Crippen molar-refractivity contribution in [3.63, 3.8) is 0 Å². The number of ketones is 2. The van der Waals surface area contributed by atoms with Crippen molar-refractivity contribution in [3.8, 4) is 6.07 Å². The number of hydrogen-bond acceptors (Lipinski definition) is 4. The maximum atomic E-state index is 12.3. The minimum absolute atomic E-state index is 0.0985. The molecule has 3 nitrogen and oxygen atoms in total. The van der Waals surface area contributed by atoms with E-state index in [1.165, 1.54) is 11.8 Å². The van der Waals surface area contributed by atoms with Crippen molar-refractivity contribution in [3.05, 3.63) is 28.8 Å².